The standard InChI is InChI=1S/C21H25ClN2O3/c1-13(2)14-6-9-16(10-7-14)23-19(25)21(3,4)20(26)24-17-12-15(22)8-11-18(17)27-5/h6-13H,1-5H3,(H,23,25)(H,24,26). The maximum absolute atomic E-state index is 12.7. The fraction of sp³-hybridized carbons (Fsp3) is 0.333. The first-order valence-corrected chi connectivity index (χ1v) is 9.09. The van der Waals surface area contributed by atoms with Crippen molar-refractivity contribution in [1.29, 1.82) is 0 Å². The molecule has 0 spiro atoms. The lowest BCUT2D eigenvalue weighted by Crippen LogP contribution is -2.41. The first-order chi connectivity index (χ1) is 12.6. The van der Waals surface area contributed by atoms with E-state index in [9.17, 15) is 9.59 Å². The summed E-state index contributed by atoms with van der Waals surface area (Å²) in [7, 11) is 1.50. The van der Waals surface area contributed by atoms with Crippen molar-refractivity contribution in [2.45, 2.75) is 33.6 Å². The molecular formula is C21H25ClN2O3. The van der Waals surface area contributed by atoms with Crippen molar-refractivity contribution in [3.63, 3.8) is 0 Å². The highest BCUT2D eigenvalue weighted by Gasteiger charge is 2.36. The minimum absolute atomic E-state index is 0.404. The van der Waals surface area contributed by atoms with Crippen LogP contribution in [0.3, 0.4) is 0 Å². The number of hydrogen-bond donors (Lipinski definition) is 2. The third-order valence-electron chi connectivity index (χ3n) is 4.38. The average molecular weight is 389 g/mol. The number of amides is 2. The van der Waals surface area contributed by atoms with Gasteiger partial charge in [-0.1, -0.05) is 37.6 Å². The summed E-state index contributed by atoms with van der Waals surface area (Å²) in [6.07, 6.45) is 0. The lowest BCUT2D eigenvalue weighted by atomic mass is 9.90. The van der Waals surface area contributed by atoms with Crippen LogP contribution in [0.2, 0.25) is 5.02 Å². The molecule has 144 valence electrons. The van der Waals surface area contributed by atoms with E-state index in [0.29, 0.717) is 28.1 Å². The maximum Gasteiger partial charge on any atom is 0.239 e. The Labute approximate surface area is 165 Å². The molecule has 0 bridgehead atoms. The van der Waals surface area contributed by atoms with E-state index in [4.69, 9.17) is 16.3 Å². The monoisotopic (exact) mass is 388 g/mol. The van der Waals surface area contributed by atoms with E-state index in [1.54, 1.807) is 32.0 Å². The van der Waals surface area contributed by atoms with E-state index in [1.807, 2.05) is 24.3 Å². The molecule has 6 heteroatoms. The van der Waals surface area contributed by atoms with Gasteiger partial charge in [0.25, 0.3) is 0 Å². The number of rotatable bonds is 6. The third-order valence-corrected chi connectivity index (χ3v) is 4.62. The van der Waals surface area contributed by atoms with Crippen LogP contribution < -0.4 is 15.4 Å². The Bertz CT molecular complexity index is 830. The lowest BCUT2D eigenvalue weighted by Gasteiger charge is -2.23. The minimum Gasteiger partial charge on any atom is -0.495 e. The number of carbonyl (C=O) groups excluding carboxylic acids is 2. The molecule has 2 N–H and O–H groups in total. The average Bonchev–Trinajstić information content (AvgIpc) is 2.62. The number of methoxy groups -OCH3 is 1. The zero-order chi connectivity index (χ0) is 20.2. The highest BCUT2D eigenvalue weighted by Crippen LogP contribution is 2.30. The summed E-state index contributed by atoms with van der Waals surface area (Å²) in [5, 5.41) is 5.98. The Morgan fingerprint density at radius 1 is 1.00 bits per heavy atom. The van der Waals surface area contributed by atoms with Crippen LogP contribution in [0.15, 0.2) is 42.5 Å². The van der Waals surface area contributed by atoms with Crippen molar-refractivity contribution >= 4 is 34.8 Å². The highest BCUT2D eigenvalue weighted by molar-refractivity contribution is 6.31. The summed E-state index contributed by atoms with van der Waals surface area (Å²) in [6.45, 7) is 7.34. The van der Waals surface area contributed by atoms with E-state index in [2.05, 4.69) is 24.5 Å². The van der Waals surface area contributed by atoms with E-state index in [1.165, 1.54) is 12.7 Å². The maximum atomic E-state index is 12.7. The van der Waals surface area contributed by atoms with Gasteiger partial charge >= 0.3 is 0 Å². The molecule has 27 heavy (non-hydrogen) atoms. The highest BCUT2D eigenvalue weighted by atomic mass is 35.5. The number of carbonyl (C=O) groups is 2. The molecule has 0 aliphatic carbocycles. The quantitative estimate of drug-likeness (QED) is 0.678. The molecule has 0 unspecified atom stereocenters. The van der Waals surface area contributed by atoms with Crippen molar-refractivity contribution < 1.29 is 14.3 Å². The molecule has 0 saturated carbocycles. The summed E-state index contributed by atoms with van der Waals surface area (Å²) in [5.41, 5.74) is 0.935. The first kappa shape index (κ1) is 20.8. The Morgan fingerprint density at radius 2 is 1.59 bits per heavy atom. The second-order valence-electron chi connectivity index (χ2n) is 7.15. The molecule has 2 aromatic rings. The minimum atomic E-state index is -1.30. The van der Waals surface area contributed by atoms with E-state index < -0.39 is 17.2 Å². The molecule has 0 aromatic heterocycles. The number of nitrogens with one attached hydrogen (secondary N) is 2. The molecule has 0 saturated heterocycles. The predicted molar refractivity (Wildman–Crippen MR) is 110 cm³/mol. The predicted octanol–water partition coefficient (Wildman–Crippen LogP) is 5.08. The smallest absolute Gasteiger partial charge is 0.239 e. The molecule has 0 heterocycles. The molecule has 0 aliphatic heterocycles. The topological polar surface area (TPSA) is 67.4 Å². The van der Waals surface area contributed by atoms with Gasteiger partial charge in [0, 0.05) is 10.7 Å². The molecule has 2 aromatic carbocycles. The Morgan fingerprint density at radius 3 is 2.15 bits per heavy atom. The van der Waals surface area contributed by atoms with Gasteiger partial charge in [-0.3, -0.25) is 9.59 Å². The summed E-state index contributed by atoms with van der Waals surface area (Å²) in [5.74, 6) is 0.00976. The number of halogens is 1. The van der Waals surface area contributed by atoms with E-state index in [-0.39, 0.29) is 0 Å². The van der Waals surface area contributed by atoms with Crippen molar-refractivity contribution in [2.75, 3.05) is 17.7 Å². The van der Waals surface area contributed by atoms with Crippen LogP contribution in [0.4, 0.5) is 11.4 Å². The Hall–Kier alpha value is -2.53. The van der Waals surface area contributed by atoms with Crippen molar-refractivity contribution in [3.8, 4) is 5.75 Å². The molecule has 2 amide bonds. The normalized spacial score (nSPS) is 11.2. The van der Waals surface area contributed by atoms with Crippen molar-refractivity contribution in [1.82, 2.24) is 0 Å². The van der Waals surface area contributed by atoms with Crippen LogP contribution in [0, 0.1) is 5.41 Å². The number of benzene rings is 2. The second-order valence-corrected chi connectivity index (χ2v) is 7.59. The van der Waals surface area contributed by atoms with Gasteiger partial charge in [-0.05, 0) is 55.7 Å². The van der Waals surface area contributed by atoms with Gasteiger partial charge in [-0.2, -0.15) is 0 Å². The van der Waals surface area contributed by atoms with Crippen LogP contribution in [-0.4, -0.2) is 18.9 Å². The summed E-state index contributed by atoms with van der Waals surface area (Å²) < 4.78 is 5.23. The molecular weight excluding hydrogens is 364 g/mol. The summed E-state index contributed by atoms with van der Waals surface area (Å²) in [6, 6.07) is 12.5. The molecule has 0 radical (unpaired) electrons. The Balaban J connectivity index is 2.12. The summed E-state index contributed by atoms with van der Waals surface area (Å²) >= 11 is 5.99. The summed E-state index contributed by atoms with van der Waals surface area (Å²) in [4.78, 5) is 25.4. The fourth-order valence-electron chi connectivity index (χ4n) is 2.40. The van der Waals surface area contributed by atoms with Crippen LogP contribution in [0.25, 0.3) is 0 Å². The molecule has 0 aliphatic rings. The van der Waals surface area contributed by atoms with Gasteiger partial charge in [0.1, 0.15) is 11.2 Å². The zero-order valence-electron chi connectivity index (χ0n) is 16.2. The van der Waals surface area contributed by atoms with Gasteiger partial charge < -0.3 is 15.4 Å². The van der Waals surface area contributed by atoms with Crippen LogP contribution >= 0.6 is 11.6 Å². The van der Waals surface area contributed by atoms with Crippen LogP contribution in [0.1, 0.15) is 39.2 Å². The SMILES string of the molecule is COc1ccc(Cl)cc1NC(=O)C(C)(C)C(=O)Nc1ccc(C(C)C)cc1. The lowest BCUT2D eigenvalue weighted by molar-refractivity contribution is -0.135. The fourth-order valence-corrected chi connectivity index (χ4v) is 2.57. The van der Waals surface area contributed by atoms with E-state index in [0.717, 1.165) is 0 Å². The van der Waals surface area contributed by atoms with Crippen molar-refractivity contribution in [2.24, 2.45) is 5.41 Å². The van der Waals surface area contributed by atoms with Crippen molar-refractivity contribution in [3.05, 3.63) is 53.1 Å². The molecule has 2 rings (SSSR count). The third kappa shape index (κ3) is 5.01. The number of hydrogen-bond acceptors (Lipinski definition) is 3. The number of ether oxygens (including phenoxy) is 1. The Kier molecular flexibility index (Phi) is 6.50. The van der Waals surface area contributed by atoms with Gasteiger partial charge in [0.05, 0.1) is 12.8 Å². The molecule has 0 fully saturated rings. The number of anilines is 2. The first-order valence-electron chi connectivity index (χ1n) is 8.71. The largest absolute Gasteiger partial charge is 0.495 e. The van der Waals surface area contributed by atoms with Gasteiger partial charge in [0.2, 0.25) is 11.8 Å². The molecule has 5 nitrogen and oxygen atoms in total. The van der Waals surface area contributed by atoms with Crippen LogP contribution in [0.5, 0.6) is 5.75 Å². The van der Waals surface area contributed by atoms with E-state index >= 15 is 0 Å². The van der Waals surface area contributed by atoms with Crippen LogP contribution in [-0.2, 0) is 9.59 Å². The second kappa shape index (κ2) is 8.44. The molecule has 0 atom stereocenters. The van der Waals surface area contributed by atoms with Gasteiger partial charge in [-0.25, -0.2) is 0 Å². The van der Waals surface area contributed by atoms with Gasteiger partial charge in [0.15, 0.2) is 0 Å². The zero-order valence-corrected chi connectivity index (χ0v) is 17.0. The van der Waals surface area contributed by atoms with Gasteiger partial charge in [-0.15, -0.1) is 0 Å².